The molecule has 1 fully saturated rings. The van der Waals surface area contributed by atoms with Crippen molar-refractivity contribution in [3.8, 4) is 0 Å². The molecule has 2 rings (SSSR count). The lowest BCUT2D eigenvalue weighted by atomic mass is 9.92. The molecule has 1 aliphatic heterocycles. The van der Waals surface area contributed by atoms with Gasteiger partial charge in [-0.2, -0.15) is 0 Å². The first-order valence-corrected chi connectivity index (χ1v) is 7.85. The van der Waals surface area contributed by atoms with E-state index in [1.807, 2.05) is 29.2 Å². The summed E-state index contributed by atoms with van der Waals surface area (Å²) in [6, 6.07) is 7.55. The van der Waals surface area contributed by atoms with Crippen LogP contribution < -0.4 is 11.1 Å². The van der Waals surface area contributed by atoms with Gasteiger partial charge in [-0.1, -0.05) is 19.1 Å². The average molecular weight is 303 g/mol. The summed E-state index contributed by atoms with van der Waals surface area (Å²) < 4.78 is 0. The molecule has 5 nitrogen and oxygen atoms in total. The summed E-state index contributed by atoms with van der Waals surface area (Å²) in [5.74, 6) is 0.611. The van der Waals surface area contributed by atoms with Crippen LogP contribution in [0.4, 0.5) is 0 Å². The molecule has 1 aromatic carbocycles. The Bertz CT molecular complexity index is 527. The molecule has 2 unspecified atom stereocenters. The number of amides is 2. The Morgan fingerprint density at radius 3 is 2.59 bits per heavy atom. The number of piperidine rings is 1. The SMILES string of the molecule is CC(=O)NCc1ccc(C(=O)N2CCC(C)CC2CN)cc1. The number of carbonyl (C=O) groups is 2. The molecule has 2 atom stereocenters. The zero-order chi connectivity index (χ0) is 16.1. The highest BCUT2D eigenvalue weighted by molar-refractivity contribution is 5.94. The Labute approximate surface area is 131 Å². The Morgan fingerprint density at radius 1 is 1.32 bits per heavy atom. The molecule has 0 saturated carbocycles. The quantitative estimate of drug-likeness (QED) is 0.885. The van der Waals surface area contributed by atoms with Crippen molar-refractivity contribution in [3.05, 3.63) is 35.4 Å². The number of likely N-dealkylation sites (tertiary alicyclic amines) is 1. The molecule has 3 N–H and O–H groups in total. The van der Waals surface area contributed by atoms with Gasteiger partial charge in [0, 0.05) is 38.2 Å². The molecule has 120 valence electrons. The van der Waals surface area contributed by atoms with Crippen molar-refractivity contribution in [1.82, 2.24) is 10.2 Å². The highest BCUT2D eigenvalue weighted by atomic mass is 16.2. The van der Waals surface area contributed by atoms with Gasteiger partial charge in [-0.3, -0.25) is 9.59 Å². The number of nitrogens with one attached hydrogen (secondary N) is 1. The Balaban J connectivity index is 2.04. The second-order valence-corrected chi connectivity index (χ2v) is 6.12. The smallest absolute Gasteiger partial charge is 0.254 e. The molecule has 1 heterocycles. The fourth-order valence-corrected chi connectivity index (χ4v) is 2.90. The topological polar surface area (TPSA) is 75.4 Å². The van der Waals surface area contributed by atoms with E-state index in [1.165, 1.54) is 6.92 Å². The summed E-state index contributed by atoms with van der Waals surface area (Å²) >= 11 is 0. The Kier molecular flexibility index (Phi) is 5.55. The number of nitrogens with zero attached hydrogens (tertiary/aromatic N) is 1. The average Bonchev–Trinajstić information content (AvgIpc) is 2.52. The van der Waals surface area contributed by atoms with Crippen LogP contribution in [0.5, 0.6) is 0 Å². The van der Waals surface area contributed by atoms with Gasteiger partial charge >= 0.3 is 0 Å². The molecule has 5 heteroatoms. The second-order valence-electron chi connectivity index (χ2n) is 6.12. The number of hydrogen-bond acceptors (Lipinski definition) is 3. The van der Waals surface area contributed by atoms with Crippen LogP contribution >= 0.6 is 0 Å². The van der Waals surface area contributed by atoms with E-state index in [4.69, 9.17) is 5.73 Å². The van der Waals surface area contributed by atoms with Crippen LogP contribution in [0.2, 0.25) is 0 Å². The predicted molar refractivity (Wildman–Crippen MR) is 86.2 cm³/mol. The van der Waals surface area contributed by atoms with Gasteiger partial charge in [0.25, 0.3) is 5.91 Å². The molecular weight excluding hydrogens is 278 g/mol. The first-order chi connectivity index (χ1) is 10.5. The van der Waals surface area contributed by atoms with Crippen LogP contribution in [-0.4, -0.2) is 35.8 Å². The molecule has 1 saturated heterocycles. The van der Waals surface area contributed by atoms with Crippen molar-refractivity contribution in [2.75, 3.05) is 13.1 Å². The van der Waals surface area contributed by atoms with Crippen molar-refractivity contribution < 1.29 is 9.59 Å². The van der Waals surface area contributed by atoms with Gasteiger partial charge in [-0.15, -0.1) is 0 Å². The Hall–Kier alpha value is -1.88. The molecule has 0 radical (unpaired) electrons. The largest absolute Gasteiger partial charge is 0.352 e. The van der Waals surface area contributed by atoms with Gasteiger partial charge in [-0.05, 0) is 36.5 Å². The summed E-state index contributed by atoms with van der Waals surface area (Å²) in [6.45, 7) is 5.46. The van der Waals surface area contributed by atoms with Gasteiger partial charge < -0.3 is 16.0 Å². The highest BCUT2D eigenvalue weighted by Crippen LogP contribution is 2.23. The van der Waals surface area contributed by atoms with Crippen molar-refractivity contribution in [1.29, 1.82) is 0 Å². The normalized spacial score (nSPS) is 21.5. The van der Waals surface area contributed by atoms with E-state index >= 15 is 0 Å². The van der Waals surface area contributed by atoms with Gasteiger partial charge in [0.15, 0.2) is 0 Å². The second kappa shape index (κ2) is 7.40. The van der Waals surface area contributed by atoms with Crippen molar-refractivity contribution in [2.45, 2.75) is 39.3 Å². The third-order valence-corrected chi connectivity index (χ3v) is 4.25. The number of benzene rings is 1. The van der Waals surface area contributed by atoms with E-state index in [-0.39, 0.29) is 17.9 Å². The molecule has 22 heavy (non-hydrogen) atoms. The van der Waals surface area contributed by atoms with E-state index in [0.717, 1.165) is 24.9 Å². The standard InChI is InChI=1S/C17H25N3O2/c1-12-7-8-20(16(9-12)10-18)17(22)15-5-3-14(4-6-15)11-19-13(2)21/h3-6,12,16H,7-11,18H2,1-2H3,(H,19,21). The number of nitrogens with two attached hydrogens (primary N) is 1. The number of rotatable bonds is 4. The summed E-state index contributed by atoms with van der Waals surface area (Å²) in [5, 5.41) is 2.74. The molecule has 0 aromatic heterocycles. The van der Waals surface area contributed by atoms with Gasteiger partial charge in [0.05, 0.1) is 0 Å². The monoisotopic (exact) mass is 303 g/mol. The van der Waals surface area contributed by atoms with Crippen molar-refractivity contribution in [3.63, 3.8) is 0 Å². The lowest BCUT2D eigenvalue weighted by molar-refractivity contribution is -0.119. The number of hydrogen-bond donors (Lipinski definition) is 2. The minimum atomic E-state index is -0.0617. The summed E-state index contributed by atoms with van der Waals surface area (Å²) in [7, 11) is 0. The maximum absolute atomic E-state index is 12.7. The third kappa shape index (κ3) is 4.07. The van der Waals surface area contributed by atoms with E-state index in [1.54, 1.807) is 0 Å². The fourth-order valence-electron chi connectivity index (χ4n) is 2.90. The van der Waals surface area contributed by atoms with E-state index in [9.17, 15) is 9.59 Å². The molecule has 1 aliphatic rings. The zero-order valence-corrected chi connectivity index (χ0v) is 13.3. The van der Waals surface area contributed by atoms with Crippen LogP contribution in [0.3, 0.4) is 0 Å². The minimum absolute atomic E-state index is 0.0495. The van der Waals surface area contributed by atoms with Gasteiger partial charge in [0.1, 0.15) is 0 Å². The molecule has 1 aromatic rings. The first kappa shape index (κ1) is 16.5. The van der Waals surface area contributed by atoms with Crippen molar-refractivity contribution in [2.24, 2.45) is 11.7 Å². The minimum Gasteiger partial charge on any atom is -0.352 e. The molecule has 2 amide bonds. The molecule has 0 bridgehead atoms. The van der Waals surface area contributed by atoms with E-state index < -0.39 is 0 Å². The fraction of sp³-hybridized carbons (Fsp3) is 0.529. The number of carbonyl (C=O) groups excluding carboxylic acids is 2. The van der Waals surface area contributed by atoms with Crippen LogP contribution in [0, 0.1) is 5.92 Å². The van der Waals surface area contributed by atoms with E-state index in [0.29, 0.717) is 24.6 Å². The summed E-state index contributed by atoms with van der Waals surface area (Å²) in [6.07, 6.45) is 2.01. The summed E-state index contributed by atoms with van der Waals surface area (Å²) in [5.41, 5.74) is 7.49. The van der Waals surface area contributed by atoms with Crippen LogP contribution in [0.15, 0.2) is 24.3 Å². The Morgan fingerprint density at radius 2 is 2.00 bits per heavy atom. The molecule has 0 spiro atoms. The zero-order valence-electron chi connectivity index (χ0n) is 13.3. The van der Waals surface area contributed by atoms with Crippen LogP contribution in [0.1, 0.15) is 42.6 Å². The third-order valence-electron chi connectivity index (χ3n) is 4.25. The van der Waals surface area contributed by atoms with Crippen LogP contribution in [-0.2, 0) is 11.3 Å². The first-order valence-electron chi connectivity index (χ1n) is 7.85. The van der Waals surface area contributed by atoms with Crippen molar-refractivity contribution >= 4 is 11.8 Å². The summed E-state index contributed by atoms with van der Waals surface area (Å²) in [4.78, 5) is 25.5. The maximum atomic E-state index is 12.7. The highest BCUT2D eigenvalue weighted by Gasteiger charge is 2.29. The molecular formula is C17H25N3O2. The van der Waals surface area contributed by atoms with E-state index in [2.05, 4.69) is 12.2 Å². The van der Waals surface area contributed by atoms with Gasteiger partial charge in [0.2, 0.25) is 5.91 Å². The lowest BCUT2D eigenvalue weighted by Crippen LogP contribution is -2.49. The van der Waals surface area contributed by atoms with Gasteiger partial charge in [-0.25, -0.2) is 0 Å². The van der Waals surface area contributed by atoms with Crippen LogP contribution in [0.25, 0.3) is 0 Å². The lowest BCUT2D eigenvalue weighted by Gasteiger charge is -2.38. The maximum Gasteiger partial charge on any atom is 0.254 e. The molecule has 0 aliphatic carbocycles. The predicted octanol–water partition coefficient (Wildman–Crippen LogP) is 1.52.